The van der Waals surface area contributed by atoms with Crippen molar-refractivity contribution >= 4 is 0 Å². The molecule has 1 heteroatoms. The van der Waals surface area contributed by atoms with Crippen LogP contribution >= 0.6 is 0 Å². The van der Waals surface area contributed by atoms with Crippen molar-refractivity contribution in [3.8, 4) is 5.75 Å². The van der Waals surface area contributed by atoms with Gasteiger partial charge >= 0.3 is 0 Å². The lowest BCUT2D eigenvalue weighted by Gasteiger charge is -2.41. The molecule has 0 N–H and O–H groups in total. The number of hydrogen-bond acceptors (Lipinski definition) is 1. The SMILES string of the molecule is C[C]1Oc2ccccc2C(C)C1(C)C. The van der Waals surface area contributed by atoms with E-state index >= 15 is 0 Å². The topological polar surface area (TPSA) is 9.23 Å². The monoisotopic (exact) mass is 189 g/mol. The fraction of sp³-hybridized carbons (Fsp3) is 0.462. The van der Waals surface area contributed by atoms with E-state index in [0.717, 1.165) is 11.9 Å². The standard InChI is InChI=1S/C13H17O/c1-9-11-7-5-6-8-12(11)14-10(2)13(9,3)4/h5-9H,1-4H3. The molecule has 1 aromatic carbocycles. The van der Waals surface area contributed by atoms with E-state index in [-0.39, 0.29) is 5.41 Å². The zero-order chi connectivity index (χ0) is 10.3. The highest BCUT2D eigenvalue weighted by Gasteiger charge is 2.40. The molecule has 0 spiro atoms. The Morgan fingerprint density at radius 3 is 2.57 bits per heavy atom. The first-order valence-electron chi connectivity index (χ1n) is 5.14. The van der Waals surface area contributed by atoms with E-state index in [2.05, 4.69) is 39.8 Å². The Labute approximate surface area is 86.1 Å². The molecule has 0 saturated carbocycles. The van der Waals surface area contributed by atoms with Gasteiger partial charge in [0.2, 0.25) is 0 Å². The van der Waals surface area contributed by atoms with E-state index in [9.17, 15) is 0 Å². The van der Waals surface area contributed by atoms with Crippen molar-refractivity contribution in [1.82, 2.24) is 0 Å². The molecule has 14 heavy (non-hydrogen) atoms. The van der Waals surface area contributed by atoms with E-state index in [0.29, 0.717) is 5.92 Å². The lowest BCUT2D eigenvalue weighted by molar-refractivity contribution is 0.138. The highest BCUT2D eigenvalue weighted by atomic mass is 16.5. The molecule has 2 rings (SSSR count). The molecule has 1 nitrogen and oxygen atoms in total. The quantitative estimate of drug-likeness (QED) is 0.603. The van der Waals surface area contributed by atoms with Crippen LogP contribution in [0.4, 0.5) is 0 Å². The number of ether oxygens (including phenoxy) is 1. The molecule has 0 bridgehead atoms. The molecule has 0 aliphatic carbocycles. The molecule has 1 atom stereocenters. The maximum Gasteiger partial charge on any atom is 0.151 e. The van der Waals surface area contributed by atoms with Crippen LogP contribution < -0.4 is 4.74 Å². The van der Waals surface area contributed by atoms with E-state index in [1.54, 1.807) is 0 Å². The normalized spacial score (nSPS) is 25.3. The average Bonchev–Trinajstić information content (AvgIpc) is 2.15. The summed E-state index contributed by atoms with van der Waals surface area (Å²) < 4.78 is 5.83. The van der Waals surface area contributed by atoms with Gasteiger partial charge in [0.05, 0.1) is 0 Å². The van der Waals surface area contributed by atoms with Crippen molar-refractivity contribution < 1.29 is 4.74 Å². The third-order valence-electron chi connectivity index (χ3n) is 3.64. The van der Waals surface area contributed by atoms with Gasteiger partial charge in [-0.05, 0) is 24.5 Å². The number of para-hydroxylation sites is 1. The number of rotatable bonds is 0. The summed E-state index contributed by atoms with van der Waals surface area (Å²) in [7, 11) is 0. The summed E-state index contributed by atoms with van der Waals surface area (Å²) in [6.07, 6.45) is 1.11. The predicted octanol–water partition coefficient (Wildman–Crippen LogP) is 3.76. The minimum Gasteiger partial charge on any atom is -0.482 e. The Balaban J connectivity index is 2.49. The summed E-state index contributed by atoms with van der Waals surface area (Å²) in [5.41, 5.74) is 1.46. The third kappa shape index (κ3) is 1.23. The third-order valence-corrected chi connectivity index (χ3v) is 3.64. The van der Waals surface area contributed by atoms with Gasteiger partial charge < -0.3 is 4.74 Å². The second kappa shape index (κ2) is 3.01. The maximum atomic E-state index is 5.83. The first-order chi connectivity index (χ1) is 6.53. The van der Waals surface area contributed by atoms with E-state index in [1.165, 1.54) is 5.56 Å². The van der Waals surface area contributed by atoms with Crippen LogP contribution in [-0.2, 0) is 0 Å². The zero-order valence-electron chi connectivity index (χ0n) is 9.29. The molecule has 1 aliphatic heterocycles. The highest BCUT2D eigenvalue weighted by Crippen LogP contribution is 2.50. The van der Waals surface area contributed by atoms with Gasteiger partial charge in [0.25, 0.3) is 0 Å². The molecule has 0 amide bonds. The Kier molecular flexibility index (Phi) is 2.06. The Hall–Kier alpha value is -0.980. The summed E-state index contributed by atoms with van der Waals surface area (Å²) in [5, 5.41) is 0. The van der Waals surface area contributed by atoms with Crippen LogP contribution in [0.25, 0.3) is 0 Å². The van der Waals surface area contributed by atoms with E-state index in [1.807, 2.05) is 12.1 Å². The van der Waals surface area contributed by atoms with Crippen molar-refractivity contribution in [2.75, 3.05) is 0 Å². The minimum absolute atomic E-state index is 0.133. The van der Waals surface area contributed by atoms with Gasteiger partial charge in [0.1, 0.15) is 5.75 Å². The lowest BCUT2D eigenvalue weighted by atomic mass is 9.71. The van der Waals surface area contributed by atoms with Crippen molar-refractivity contribution in [3.63, 3.8) is 0 Å². The molecular formula is C13H17O. The highest BCUT2D eigenvalue weighted by molar-refractivity contribution is 5.41. The first kappa shape index (κ1) is 9.57. The number of hydrogen-bond donors (Lipinski definition) is 0. The molecule has 1 heterocycles. The summed E-state index contributed by atoms with van der Waals surface area (Å²) >= 11 is 0. The van der Waals surface area contributed by atoms with Crippen LogP contribution in [0, 0.1) is 11.5 Å². The molecule has 1 radical (unpaired) electrons. The maximum absolute atomic E-state index is 5.83. The second-order valence-electron chi connectivity index (χ2n) is 4.64. The van der Waals surface area contributed by atoms with E-state index in [4.69, 9.17) is 4.74 Å². The van der Waals surface area contributed by atoms with Crippen LogP contribution in [0.1, 0.15) is 39.2 Å². The van der Waals surface area contributed by atoms with Crippen molar-refractivity contribution in [2.24, 2.45) is 5.41 Å². The van der Waals surface area contributed by atoms with Crippen LogP contribution in [0.2, 0.25) is 0 Å². The summed E-state index contributed by atoms with van der Waals surface area (Å²) in [5.74, 6) is 1.55. The van der Waals surface area contributed by atoms with Gasteiger partial charge in [0.15, 0.2) is 6.10 Å². The van der Waals surface area contributed by atoms with E-state index < -0.39 is 0 Å². The van der Waals surface area contributed by atoms with Gasteiger partial charge in [-0.1, -0.05) is 39.0 Å². The minimum atomic E-state index is 0.133. The molecular weight excluding hydrogens is 172 g/mol. The second-order valence-corrected chi connectivity index (χ2v) is 4.64. The molecule has 1 aromatic rings. The fourth-order valence-electron chi connectivity index (χ4n) is 1.92. The summed E-state index contributed by atoms with van der Waals surface area (Å²) in [6.45, 7) is 8.82. The molecule has 0 fully saturated rings. The van der Waals surface area contributed by atoms with Crippen LogP contribution in [0.5, 0.6) is 5.75 Å². The van der Waals surface area contributed by atoms with Crippen molar-refractivity contribution in [3.05, 3.63) is 35.9 Å². The largest absolute Gasteiger partial charge is 0.482 e. The van der Waals surface area contributed by atoms with Crippen molar-refractivity contribution in [1.29, 1.82) is 0 Å². The molecule has 0 aromatic heterocycles. The molecule has 1 aliphatic rings. The van der Waals surface area contributed by atoms with Gasteiger partial charge in [-0.15, -0.1) is 0 Å². The molecule has 0 saturated heterocycles. The van der Waals surface area contributed by atoms with Crippen LogP contribution in [0.15, 0.2) is 24.3 Å². The summed E-state index contributed by atoms with van der Waals surface area (Å²) in [4.78, 5) is 0. The number of fused-ring (bicyclic) bond motifs is 1. The van der Waals surface area contributed by atoms with Gasteiger partial charge in [0, 0.05) is 5.41 Å². The smallest absolute Gasteiger partial charge is 0.151 e. The average molecular weight is 189 g/mol. The van der Waals surface area contributed by atoms with Gasteiger partial charge in [-0.3, -0.25) is 0 Å². The number of benzene rings is 1. The molecule has 75 valence electrons. The predicted molar refractivity (Wildman–Crippen MR) is 58.2 cm³/mol. The van der Waals surface area contributed by atoms with Crippen molar-refractivity contribution in [2.45, 2.75) is 33.6 Å². The van der Waals surface area contributed by atoms with Crippen LogP contribution in [-0.4, -0.2) is 0 Å². The summed E-state index contributed by atoms with van der Waals surface area (Å²) in [6, 6.07) is 8.31. The van der Waals surface area contributed by atoms with Crippen LogP contribution in [0.3, 0.4) is 0 Å². The Bertz CT molecular complexity index is 341. The first-order valence-corrected chi connectivity index (χ1v) is 5.14. The zero-order valence-corrected chi connectivity index (χ0v) is 9.29. The molecule has 1 unspecified atom stereocenters. The van der Waals surface area contributed by atoms with Gasteiger partial charge in [-0.25, -0.2) is 0 Å². The lowest BCUT2D eigenvalue weighted by Crippen LogP contribution is -2.34. The Morgan fingerprint density at radius 1 is 1.21 bits per heavy atom. The van der Waals surface area contributed by atoms with Gasteiger partial charge in [-0.2, -0.15) is 0 Å². The fourth-order valence-corrected chi connectivity index (χ4v) is 1.92. The Morgan fingerprint density at radius 2 is 1.86 bits per heavy atom.